The van der Waals surface area contributed by atoms with Gasteiger partial charge in [-0.3, -0.25) is 4.79 Å². The number of carboxylic acids is 1. The van der Waals surface area contributed by atoms with Crippen LogP contribution in [0.4, 0.5) is 22.3 Å². The number of anilines is 4. The Morgan fingerprint density at radius 2 is 1.97 bits per heavy atom. The Morgan fingerprint density at radius 1 is 1.17 bits per heavy atom. The SMILES string of the molecule is O=C(Nc1cccnc1N1CCC(O)CC1)c1csc(Nc2ccsc2C(=O)O)n1. The lowest BCUT2D eigenvalue weighted by Crippen LogP contribution is -2.36. The number of aliphatic hydroxyl groups excluding tert-OH is 1. The normalized spacial score (nSPS) is 14.5. The van der Waals surface area contributed by atoms with Crippen molar-refractivity contribution in [3.05, 3.63) is 45.7 Å². The average Bonchev–Trinajstić information content (AvgIpc) is 3.39. The molecule has 0 saturated carbocycles. The Morgan fingerprint density at radius 3 is 2.73 bits per heavy atom. The second-order valence-corrected chi connectivity index (χ2v) is 8.45. The number of rotatable bonds is 6. The van der Waals surface area contributed by atoms with E-state index in [9.17, 15) is 19.8 Å². The zero-order valence-corrected chi connectivity index (χ0v) is 17.4. The van der Waals surface area contributed by atoms with Gasteiger partial charge in [0.1, 0.15) is 10.6 Å². The number of hydrogen-bond donors (Lipinski definition) is 4. The molecule has 3 aromatic heterocycles. The van der Waals surface area contributed by atoms with Gasteiger partial charge >= 0.3 is 5.97 Å². The monoisotopic (exact) mass is 445 g/mol. The fourth-order valence-electron chi connectivity index (χ4n) is 3.13. The summed E-state index contributed by atoms with van der Waals surface area (Å²) in [5, 5.41) is 28.4. The maximum Gasteiger partial charge on any atom is 0.348 e. The molecule has 11 heteroatoms. The summed E-state index contributed by atoms with van der Waals surface area (Å²) in [6.45, 7) is 1.33. The number of nitrogens with one attached hydrogen (secondary N) is 2. The van der Waals surface area contributed by atoms with E-state index in [0.717, 1.165) is 11.3 Å². The molecule has 4 N–H and O–H groups in total. The number of hydrogen-bond acceptors (Lipinski definition) is 9. The van der Waals surface area contributed by atoms with Gasteiger partial charge in [-0.15, -0.1) is 22.7 Å². The minimum atomic E-state index is -1.02. The van der Waals surface area contributed by atoms with Crippen LogP contribution in [-0.2, 0) is 0 Å². The predicted molar refractivity (Wildman–Crippen MR) is 116 cm³/mol. The smallest absolute Gasteiger partial charge is 0.348 e. The first kappa shape index (κ1) is 20.3. The lowest BCUT2D eigenvalue weighted by molar-refractivity contribution is 0.0703. The van der Waals surface area contributed by atoms with Crippen LogP contribution in [0, 0.1) is 0 Å². The van der Waals surface area contributed by atoms with Crippen molar-refractivity contribution < 1.29 is 19.8 Å². The Labute approximate surface area is 180 Å². The second kappa shape index (κ2) is 8.78. The molecule has 1 aliphatic heterocycles. The number of aliphatic hydroxyl groups is 1. The molecule has 156 valence electrons. The fourth-order valence-corrected chi connectivity index (χ4v) is 4.52. The maximum atomic E-state index is 12.7. The zero-order chi connectivity index (χ0) is 21.1. The third-order valence-corrected chi connectivity index (χ3v) is 6.30. The van der Waals surface area contributed by atoms with E-state index in [2.05, 4.69) is 20.6 Å². The molecule has 30 heavy (non-hydrogen) atoms. The fraction of sp³-hybridized carbons (Fsp3) is 0.263. The molecular formula is C19H19N5O4S2. The first-order chi connectivity index (χ1) is 14.5. The van der Waals surface area contributed by atoms with Crippen LogP contribution in [-0.4, -0.2) is 51.3 Å². The molecule has 0 unspecified atom stereocenters. The van der Waals surface area contributed by atoms with Crippen molar-refractivity contribution in [2.75, 3.05) is 28.6 Å². The summed E-state index contributed by atoms with van der Waals surface area (Å²) in [6.07, 6.45) is 2.69. The van der Waals surface area contributed by atoms with Crippen molar-refractivity contribution >= 4 is 56.9 Å². The molecule has 1 aliphatic rings. The Balaban J connectivity index is 1.46. The van der Waals surface area contributed by atoms with Crippen LogP contribution in [0.5, 0.6) is 0 Å². The van der Waals surface area contributed by atoms with Gasteiger partial charge in [-0.1, -0.05) is 0 Å². The molecular weight excluding hydrogens is 426 g/mol. The van der Waals surface area contributed by atoms with Crippen molar-refractivity contribution in [2.24, 2.45) is 0 Å². The summed E-state index contributed by atoms with van der Waals surface area (Å²) < 4.78 is 0. The number of thiazole rings is 1. The van der Waals surface area contributed by atoms with Crippen LogP contribution in [0.3, 0.4) is 0 Å². The van der Waals surface area contributed by atoms with Gasteiger partial charge in [0.05, 0.1) is 17.5 Å². The lowest BCUT2D eigenvalue weighted by Gasteiger charge is -2.31. The Bertz CT molecular complexity index is 1060. The van der Waals surface area contributed by atoms with E-state index < -0.39 is 5.97 Å². The van der Waals surface area contributed by atoms with E-state index >= 15 is 0 Å². The highest BCUT2D eigenvalue weighted by Crippen LogP contribution is 2.29. The van der Waals surface area contributed by atoms with Crippen LogP contribution in [0.25, 0.3) is 0 Å². The lowest BCUT2D eigenvalue weighted by atomic mass is 10.1. The average molecular weight is 446 g/mol. The predicted octanol–water partition coefficient (Wildman–Crippen LogP) is 3.25. The van der Waals surface area contributed by atoms with E-state index in [4.69, 9.17) is 0 Å². The van der Waals surface area contributed by atoms with Crippen molar-refractivity contribution in [1.29, 1.82) is 0 Å². The number of thiophene rings is 1. The van der Waals surface area contributed by atoms with Crippen molar-refractivity contribution in [3.63, 3.8) is 0 Å². The van der Waals surface area contributed by atoms with E-state index in [0.29, 0.717) is 48.3 Å². The minimum absolute atomic E-state index is 0.183. The number of amides is 1. The number of carboxylic acid groups (broad SMARTS) is 1. The number of nitrogens with zero attached hydrogens (tertiary/aromatic N) is 3. The van der Waals surface area contributed by atoms with Crippen molar-refractivity contribution in [2.45, 2.75) is 18.9 Å². The number of aromatic nitrogens is 2. The Kier molecular flexibility index (Phi) is 5.93. The first-order valence-corrected chi connectivity index (χ1v) is 11.0. The zero-order valence-electron chi connectivity index (χ0n) is 15.7. The molecule has 0 radical (unpaired) electrons. The molecule has 0 bridgehead atoms. The van der Waals surface area contributed by atoms with Crippen LogP contribution >= 0.6 is 22.7 Å². The van der Waals surface area contributed by atoms with Gasteiger partial charge in [-0.2, -0.15) is 0 Å². The quantitative estimate of drug-likeness (QED) is 0.455. The highest BCUT2D eigenvalue weighted by Gasteiger charge is 2.22. The van der Waals surface area contributed by atoms with Gasteiger partial charge in [-0.25, -0.2) is 14.8 Å². The maximum absolute atomic E-state index is 12.7. The van der Waals surface area contributed by atoms with Crippen LogP contribution in [0.2, 0.25) is 0 Å². The van der Waals surface area contributed by atoms with Crippen molar-refractivity contribution in [3.8, 4) is 0 Å². The van der Waals surface area contributed by atoms with Gasteiger partial charge in [0.15, 0.2) is 10.9 Å². The third-order valence-electron chi connectivity index (χ3n) is 4.64. The molecule has 0 aliphatic carbocycles. The van der Waals surface area contributed by atoms with Gasteiger partial charge in [0, 0.05) is 24.7 Å². The van der Waals surface area contributed by atoms with Gasteiger partial charge in [0.25, 0.3) is 5.91 Å². The molecule has 0 aromatic carbocycles. The molecule has 1 amide bonds. The number of piperidine rings is 1. The van der Waals surface area contributed by atoms with Crippen LogP contribution in [0.15, 0.2) is 35.2 Å². The highest BCUT2D eigenvalue weighted by atomic mass is 32.1. The number of carbonyl (C=O) groups excluding carboxylic acids is 1. The summed E-state index contributed by atoms with van der Waals surface area (Å²) in [5.41, 5.74) is 1.24. The van der Waals surface area contributed by atoms with Gasteiger partial charge < -0.3 is 25.7 Å². The first-order valence-electron chi connectivity index (χ1n) is 9.24. The molecule has 4 heterocycles. The molecule has 1 fully saturated rings. The van der Waals surface area contributed by atoms with E-state index in [-0.39, 0.29) is 22.6 Å². The topological polar surface area (TPSA) is 128 Å². The molecule has 4 rings (SSSR count). The molecule has 1 saturated heterocycles. The highest BCUT2D eigenvalue weighted by molar-refractivity contribution is 7.14. The van der Waals surface area contributed by atoms with E-state index in [1.54, 1.807) is 35.2 Å². The van der Waals surface area contributed by atoms with Gasteiger partial charge in [0.2, 0.25) is 0 Å². The van der Waals surface area contributed by atoms with Gasteiger partial charge in [-0.05, 0) is 36.4 Å². The minimum Gasteiger partial charge on any atom is -0.477 e. The molecule has 0 spiro atoms. The van der Waals surface area contributed by atoms with E-state index in [1.807, 2.05) is 4.90 Å². The van der Waals surface area contributed by atoms with Crippen molar-refractivity contribution in [1.82, 2.24) is 9.97 Å². The largest absolute Gasteiger partial charge is 0.477 e. The number of carbonyl (C=O) groups is 2. The standard InChI is InChI=1S/C19H19N5O4S2/c25-11-3-7-24(8-4-11)16-13(2-1-6-20-16)21-17(26)14-10-30-19(23-14)22-12-5-9-29-15(12)18(27)28/h1-2,5-6,9-11,25H,3-4,7-8H2,(H,21,26)(H,22,23)(H,27,28). The summed E-state index contributed by atoms with van der Waals surface area (Å²) in [4.78, 5) is 34.9. The summed E-state index contributed by atoms with van der Waals surface area (Å²) in [5.74, 6) is -0.735. The second-order valence-electron chi connectivity index (χ2n) is 6.68. The summed E-state index contributed by atoms with van der Waals surface area (Å²) >= 11 is 2.33. The van der Waals surface area contributed by atoms with Crippen LogP contribution < -0.4 is 15.5 Å². The van der Waals surface area contributed by atoms with E-state index in [1.165, 1.54) is 11.3 Å². The number of pyridine rings is 1. The molecule has 0 atom stereocenters. The Hall–Kier alpha value is -3.02. The van der Waals surface area contributed by atoms with Crippen LogP contribution in [0.1, 0.15) is 33.0 Å². The number of aromatic carboxylic acids is 1. The summed E-state index contributed by atoms with van der Waals surface area (Å²) in [7, 11) is 0. The molecule has 3 aromatic rings. The molecule has 9 nitrogen and oxygen atoms in total. The third kappa shape index (κ3) is 4.42. The summed E-state index contributed by atoms with van der Waals surface area (Å²) in [6, 6.07) is 5.18.